The van der Waals surface area contributed by atoms with Gasteiger partial charge in [0.2, 0.25) is 0 Å². The molecule has 1 aromatic heterocycles. The first kappa shape index (κ1) is 13.7. The number of hydrogen-bond acceptors (Lipinski definition) is 2. The number of aryl methyl sites for hydroxylation is 1. The fraction of sp³-hybridized carbons (Fsp3) is 0.529. The van der Waals surface area contributed by atoms with Crippen LogP contribution in [-0.4, -0.2) is 30.9 Å². The third-order valence-electron chi connectivity index (χ3n) is 4.17. The van der Waals surface area contributed by atoms with Gasteiger partial charge >= 0.3 is 0 Å². The Labute approximate surface area is 120 Å². The van der Waals surface area contributed by atoms with Gasteiger partial charge in [-0.25, -0.2) is 0 Å². The first-order valence-electron chi connectivity index (χ1n) is 7.71. The summed E-state index contributed by atoms with van der Waals surface area (Å²) >= 11 is 0. The molecule has 1 N–H and O–H groups in total. The maximum absolute atomic E-state index is 5.78. The van der Waals surface area contributed by atoms with Crippen molar-refractivity contribution in [3.63, 3.8) is 0 Å². The van der Waals surface area contributed by atoms with Gasteiger partial charge in [0.1, 0.15) is 0 Å². The van der Waals surface area contributed by atoms with Crippen molar-refractivity contribution in [2.45, 2.75) is 38.3 Å². The molecule has 1 unspecified atom stereocenters. The molecule has 1 fully saturated rings. The Morgan fingerprint density at radius 1 is 1.35 bits per heavy atom. The van der Waals surface area contributed by atoms with Crippen molar-refractivity contribution in [3.8, 4) is 0 Å². The number of aromatic nitrogens is 1. The molecule has 0 amide bonds. The summed E-state index contributed by atoms with van der Waals surface area (Å²) < 4.78 is 8.17. The van der Waals surface area contributed by atoms with Crippen LogP contribution in [-0.2, 0) is 17.7 Å². The monoisotopic (exact) mass is 272 g/mol. The van der Waals surface area contributed by atoms with E-state index in [2.05, 4.69) is 40.3 Å². The highest BCUT2D eigenvalue weighted by molar-refractivity contribution is 5.84. The zero-order valence-corrected chi connectivity index (χ0v) is 12.3. The van der Waals surface area contributed by atoms with E-state index in [-0.39, 0.29) is 0 Å². The fourth-order valence-corrected chi connectivity index (χ4v) is 3.14. The molecule has 0 bridgehead atoms. The molecule has 3 nitrogen and oxygen atoms in total. The molecule has 1 atom stereocenters. The number of nitrogens with one attached hydrogen (secondary N) is 1. The lowest BCUT2D eigenvalue weighted by Gasteiger charge is -2.11. The maximum Gasteiger partial charge on any atom is 0.0754 e. The van der Waals surface area contributed by atoms with Crippen molar-refractivity contribution >= 4 is 10.9 Å². The van der Waals surface area contributed by atoms with Gasteiger partial charge in [-0.2, -0.15) is 0 Å². The van der Waals surface area contributed by atoms with Crippen LogP contribution < -0.4 is 5.32 Å². The summed E-state index contributed by atoms with van der Waals surface area (Å²) in [5.74, 6) is 0. The van der Waals surface area contributed by atoms with Crippen molar-refractivity contribution < 1.29 is 4.74 Å². The van der Waals surface area contributed by atoms with Crippen molar-refractivity contribution in [2.75, 3.05) is 20.2 Å². The Kier molecular flexibility index (Phi) is 4.38. The summed E-state index contributed by atoms with van der Waals surface area (Å²) in [4.78, 5) is 0. The highest BCUT2D eigenvalue weighted by Crippen LogP contribution is 2.24. The van der Waals surface area contributed by atoms with Gasteiger partial charge in [0.05, 0.1) is 6.10 Å². The largest absolute Gasteiger partial charge is 0.376 e. The van der Waals surface area contributed by atoms with Crippen LogP contribution in [0.15, 0.2) is 30.5 Å². The number of hydrogen-bond donors (Lipinski definition) is 1. The molecule has 1 aliphatic rings. The minimum absolute atomic E-state index is 0.399. The molecule has 2 heterocycles. The van der Waals surface area contributed by atoms with E-state index in [9.17, 15) is 0 Å². The van der Waals surface area contributed by atoms with Crippen LogP contribution in [0.4, 0.5) is 0 Å². The molecule has 0 aliphatic carbocycles. The highest BCUT2D eigenvalue weighted by atomic mass is 16.5. The van der Waals surface area contributed by atoms with E-state index in [0.717, 1.165) is 26.1 Å². The van der Waals surface area contributed by atoms with Gasteiger partial charge in [0.15, 0.2) is 0 Å². The molecule has 1 saturated heterocycles. The van der Waals surface area contributed by atoms with Gasteiger partial charge in [-0.15, -0.1) is 0 Å². The van der Waals surface area contributed by atoms with E-state index in [0.29, 0.717) is 6.10 Å². The lowest BCUT2D eigenvalue weighted by atomic mass is 10.1. The van der Waals surface area contributed by atoms with E-state index >= 15 is 0 Å². The van der Waals surface area contributed by atoms with Gasteiger partial charge in [0.25, 0.3) is 0 Å². The molecule has 1 aliphatic heterocycles. The van der Waals surface area contributed by atoms with Crippen molar-refractivity contribution in [1.29, 1.82) is 0 Å². The third kappa shape index (κ3) is 2.89. The van der Waals surface area contributed by atoms with Crippen molar-refractivity contribution in [1.82, 2.24) is 9.88 Å². The van der Waals surface area contributed by atoms with Gasteiger partial charge in [-0.1, -0.05) is 18.2 Å². The summed E-state index contributed by atoms with van der Waals surface area (Å²) in [5.41, 5.74) is 2.82. The fourth-order valence-electron chi connectivity index (χ4n) is 3.14. The topological polar surface area (TPSA) is 26.2 Å². The molecule has 3 heteroatoms. The maximum atomic E-state index is 5.78. The minimum atomic E-state index is 0.399. The normalized spacial score (nSPS) is 18.9. The molecule has 2 aromatic rings. The van der Waals surface area contributed by atoms with Crippen LogP contribution in [0.2, 0.25) is 0 Å². The first-order valence-corrected chi connectivity index (χ1v) is 7.71. The third-order valence-corrected chi connectivity index (χ3v) is 4.17. The van der Waals surface area contributed by atoms with Crippen LogP contribution in [0.5, 0.6) is 0 Å². The highest BCUT2D eigenvalue weighted by Gasteiger charge is 2.17. The molecular formula is C17H24N2O. The average Bonchev–Trinajstić information content (AvgIpc) is 3.09. The van der Waals surface area contributed by atoms with Crippen molar-refractivity contribution in [3.05, 3.63) is 36.0 Å². The molecule has 20 heavy (non-hydrogen) atoms. The average molecular weight is 272 g/mol. The molecule has 0 spiro atoms. The Balaban J connectivity index is 1.83. The number of fused-ring (bicyclic) bond motifs is 1. The molecule has 3 rings (SSSR count). The zero-order valence-electron chi connectivity index (χ0n) is 12.3. The van der Waals surface area contributed by atoms with Crippen LogP contribution in [0.3, 0.4) is 0 Å². The lowest BCUT2D eigenvalue weighted by Crippen LogP contribution is -2.14. The second kappa shape index (κ2) is 6.42. The quantitative estimate of drug-likeness (QED) is 0.818. The summed E-state index contributed by atoms with van der Waals surface area (Å²) in [5, 5.41) is 4.63. The van der Waals surface area contributed by atoms with E-state index < -0.39 is 0 Å². The predicted molar refractivity (Wildman–Crippen MR) is 83.2 cm³/mol. The van der Waals surface area contributed by atoms with Gasteiger partial charge in [-0.05, 0) is 50.9 Å². The Morgan fingerprint density at radius 3 is 3.05 bits per heavy atom. The lowest BCUT2D eigenvalue weighted by molar-refractivity contribution is 0.0980. The predicted octanol–water partition coefficient (Wildman–Crippen LogP) is 2.97. The molecule has 0 radical (unpaired) electrons. The minimum Gasteiger partial charge on any atom is -0.376 e. The number of para-hydroxylation sites is 1. The summed E-state index contributed by atoms with van der Waals surface area (Å²) in [6.07, 6.45) is 7.46. The number of nitrogens with zero attached hydrogens (tertiary/aromatic N) is 1. The van der Waals surface area contributed by atoms with E-state index in [1.54, 1.807) is 0 Å². The summed E-state index contributed by atoms with van der Waals surface area (Å²) in [6.45, 7) is 3.00. The van der Waals surface area contributed by atoms with Crippen molar-refractivity contribution in [2.24, 2.45) is 0 Å². The number of ether oxygens (including phenoxy) is 1. The second-order valence-corrected chi connectivity index (χ2v) is 5.67. The molecule has 1 aromatic carbocycles. The zero-order chi connectivity index (χ0) is 13.8. The van der Waals surface area contributed by atoms with Gasteiger partial charge < -0.3 is 14.6 Å². The van der Waals surface area contributed by atoms with Crippen LogP contribution in [0.25, 0.3) is 10.9 Å². The summed E-state index contributed by atoms with van der Waals surface area (Å²) in [7, 11) is 2.01. The number of rotatable bonds is 6. The van der Waals surface area contributed by atoms with E-state index in [1.165, 1.54) is 35.7 Å². The molecule has 0 saturated carbocycles. The first-order chi connectivity index (χ1) is 9.88. The van der Waals surface area contributed by atoms with Gasteiger partial charge in [-0.3, -0.25) is 0 Å². The standard InChI is InChI=1S/C17H24N2O/c1-18-10-4-6-14-12-19(13-15-7-5-11-20-15)17-9-3-2-8-16(14)17/h2-3,8-9,12,15,18H,4-7,10-11,13H2,1H3. The second-order valence-electron chi connectivity index (χ2n) is 5.67. The van der Waals surface area contributed by atoms with E-state index in [1.807, 2.05) is 7.05 Å². The smallest absolute Gasteiger partial charge is 0.0754 e. The Morgan fingerprint density at radius 2 is 2.25 bits per heavy atom. The van der Waals surface area contributed by atoms with Gasteiger partial charge in [0, 0.05) is 30.3 Å². The molecular weight excluding hydrogens is 248 g/mol. The van der Waals surface area contributed by atoms with Crippen LogP contribution >= 0.6 is 0 Å². The van der Waals surface area contributed by atoms with Crippen LogP contribution in [0, 0.1) is 0 Å². The van der Waals surface area contributed by atoms with E-state index in [4.69, 9.17) is 4.74 Å². The SMILES string of the molecule is CNCCCc1cn(CC2CCCO2)c2ccccc12. The van der Waals surface area contributed by atoms with Crippen LogP contribution in [0.1, 0.15) is 24.8 Å². The summed E-state index contributed by atoms with van der Waals surface area (Å²) in [6, 6.07) is 8.74. The Bertz CT molecular complexity index is 555. The Hall–Kier alpha value is -1.32. The molecule has 108 valence electrons. The number of benzene rings is 1.